The minimum atomic E-state index is -1.74. The van der Waals surface area contributed by atoms with Gasteiger partial charge in [0.25, 0.3) is 0 Å². The second kappa shape index (κ2) is 10.4. The van der Waals surface area contributed by atoms with Gasteiger partial charge in [-0.25, -0.2) is 9.97 Å². The summed E-state index contributed by atoms with van der Waals surface area (Å²) in [6.45, 7) is 13.2. The molecule has 1 aliphatic rings. The monoisotopic (exact) mass is 424 g/mol. The van der Waals surface area contributed by atoms with E-state index in [1.807, 2.05) is 6.07 Å². The summed E-state index contributed by atoms with van der Waals surface area (Å²) in [5.74, 6) is 0.846. The minimum absolute atomic E-state index is 0.142. The van der Waals surface area contributed by atoms with Crippen LogP contribution in [0.25, 0.3) is 0 Å². The van der Waals surface area contributed by atoms with Crippen molar-refractivity contribution in [1.82, 2.24) is 9.97 Å². The largest absolute Gasteiger partial charge is 0.414 e. The summed E-state index contributed by atoms with van der Waals surface area (Å²) in [5, 5.41) is 0.213. The fraction of sp³-hybridized carbons (Fsp3) is 0.818. The number of hydrogen-bond acceptors (Lipinski definition) is 6. The average Bonchev–Trinajstić information content (AvgIpc) is 2.69. The maximum atomic E-state index is 6.25. The highest BCUT2D eigenvalue weighted by atomic mass is 28.4. The SMILES string of the molecule is COC(OC)c1ccnc(C2(COCCO[Si](C)(C)C(C)(C)C)CCCCC2)n1. The Balaban J connectivity index is 2.03. The molecule has 2 rings (SSSR count). The van der Waals surface area contributed by atoms with Crippen LogP contribution in [-0.2, 0) is 24.1 Å². The van der Waals surface area contributed by atoms with Crippen molar-refractivity contribution in [3.05, 3.63) is 23.8 Å². The van der Waals surface area contributed by atoms with E-state index in [1.54, 1.807) is 20.4 Å². The van der Waals surface area contributed by atoms with E-state index in [1.165, 1.54) is 19.3 Å². The van der Waals surface area contributed by atoms with Crippen molar-refractivity contribution in [2.75, 3.05) is 34.0 Å². The average molecular weight is 425 g/mol. The third-order valence-corrected chi connectivity index (χ3v) is 11.0. The molecule has 0 aliphatic heterocycles. The zero-order valence-corrected chi connectivity index (χ0v) is 20.4. The Morgan fingerprint density at radius 2 is 1.72 bits per heavy atom. The molecule has 1 saturated carbocycles. The molecule has 6 nitrogen and oxygen atoms in total. The summed E-state index contributed by atoms with van der Waals surface area (Å²) in [5.41, 5.74) is 0.614. The molecule has 29 heavy (non-hydrogen) atoms. The Bertz CT molecular complexity index is 623. The van der Waals surface area contributed by atoms with Gasteiger partial charge in [0.15, 0.2) is 8.32 Å². The van der Waals surface area contributed by atoms with Crippen LogP contribution in [0.1, 0.15) is 70.7 Å². The maximum Gasteiger partial charge on any atom is 0.200 e. The van der Waals surface area contributed by atoms with Gasteiger partial charge in [-0.2, -0.15) is 0 Å². The van der Waals surface area contributed by atoms with Crippen LogP contribution in [-0.4, -0.2) is 52.3 Å². The summed E-state index contributed by atoms with van der Waals surface area (Å²) in [4.78, 5) is 9.45. The molecular weight excluding hydrogens is 384 g/mol. The number of methoxy groups -OCH3 is 2. The lowest BCUT2D eigenvalue weighted by Gasteiger charge is -2.37. The van der Waals surface area contributed by atoms with E-state index in [4.69, 9.17) is 23.6 Å². The highest BCUT2D eigenvalue weighted by Gasteiger charge is 2.39. The van der Waals surface area contributed by atoms with E-state index in [2.05, 4.69) is 38.8 Å². The number of nitrogens with zero attached hydrogens (tertiary/aromatic N) is 2. The molecule has 0 radical (unpaired) electrons. The molecule has 0 saturated heterocycles. The summed E-state index contributed by atoms with van der Waals surface area (Å²) in [6, 6.07) is 1.85. The molecule has 166 valence electrons. The van der Waals surface area contributed by atoms with Gasteiger partial charge in [0, 0.05) is 20.4 Å². The van der Waals surface area contributed by atoms with Crippen molar-refractivity contribution < 1.29 is 18.6 Å². The molecule has 1 aromatic rings. The van der Waals surface area contributed by atoms with Gasteiger partial charge in [0.1, 0.15) is 5.82 Å². The third-order valence-electron chi connectivity index (χ3n) is 6.51. The van der Waals surface area contributed by atoms with Crippen LogP contribution in [0.4, 0.5) is 0 Å². The number of rotatable bonds is 10. The van der Waals surface area contributed by atoms with Crippen LogP contribution in [0.15, 0.2) is 12.3 Å². The lowest BCUT2D eigenvalue weighted by Crippen LogP contribution is -2.42. The minimum Gasteiger partial charge on any atom is -0.414 e. The van der Waals surface area contributed by atoms with Gasteiger partial charge in [-0.3, -0.25) is 0 Å². The smallest absolute Gasteiger partial charge is 0.200 e. The molecule has 0 atom stereocenters. The standard InChI is InChI=1S/C22H40N2O4Si/c1-21(2,3)29(6,7)28-16-15-27-17-22(12-9-8-10-13-22)20-23-14-11-18(24-20)19(25-4)26-5/h11,14,19H,8-10,12-13,15-17H2,1-7H3. The summed E-state index contributed by atoms with van der Waals surface area (Å²) < 4.78 is 23.2. The molecule has 1 heterocycles. The van der Waals surface area contributed by atoms with E-state index in [0.29, 0.717) is 19.8 Å². The Morgan fingerprint density at radius 3 is 2.31 bits per heavy atom. The molecule has 1 aromatic heterocycles. The van der Waals surface area contributed by atoms with Crippen LogP contribution in [0.2, 0.25) is 18.1 Å². The van der Waals surface area contributed by atoms with Gasteiger partial charge >= 0.3 is 0 Å². The zero-order valence-electron chi connectivity index (χ0n) is 19.4. The van der Waals surface area contributed by atoms with Crippen molar-refractivity contribution in [3.8, 4) is 0 Å². The quantitative estimate of drug-likeness (QED) is 0.299. The van der Waals surface area contributed by atoms with Crippen LogP contribution in [0, 0.1) is 0 Å². The third kappa shape index (κ3) is 6.31. The highest BCUT2D eigenvalue weighted by molar-refractivity contribution is 6.74. The van der Waals surface area contributed by atoms with E-state index >= 15 is 0 Å². The van der Waals surface area contributed by atoms with Crippen molar-refractivity contribution in [2.45, 2.75) is 82.7 Å². The molecule has 0 N–H and O–H groups in total. The van der Waals surface area contributed by atoms with Crippen molar-refractivity contribution >= 4 is 8.32 Å². The second-order valence-corrected chi connectivity index (χ2v) is 14.4. The number of ether oxygens (including phenoxy) is 3. The van der Waals surface area contributed by atoms with Gasteiger partial charge in [0.2, 0.25) is 6.29 Å². The Labute approximate surface area is 177 Å². The molecule has 0 amide bonds. The van der Waals surface area contributed by atoms with Gasteiger partial charge in [-0.05, 0) is 37.0 Å². The first-order valence-electron chi connectivity index (χ1n) is 10.8. The van der Waals surface area contributed by atoms with Crippen molar-refractivity contribution in [3.63, 3.8) is 0 Å². The molecule has 1 fully saturated rings. The predicted molar refractivity (Wildman–Crippen MR) is 118 cm³/mol. The molecule has 0 bridgehead atoms. The Hall–Kier alpha value is -0.863. The second-order valence-electron chi connectivity index (χ2n) is 9.61. The lowest BCUT2D eigenvalue weighted by atomic mass is 9.74. The van der Waals surface area contributed by atoms with Gasteiger partial charge in [-0.15, -0.1) is 0 Å². The Kier molecular flexibility index (Phi) is 8.79. The zero-order chi connectivity index (χ0) is 21.5. The fourth-order valence-corrected chi connectivity index (χ4v) is 4.62. The first-order valence-corrected chi connectivity index (χ1v) is 13.7. The molecule has 1 aliphatic carbocycles. The van der Waals surface area contributed by atoms with Gasteiger partial charge in [0.05, 0.1) is 30.9 Å². The van der Waals surface area contributed by atoms with Crippen molar-refractivity contribution in [2.24, 2.45) is 0 Å². The van der Waals surface area contributed by atoms with Crippen LogP contribution < -0.4 is 0 Å². The number of hydrogen-bond donors (Lipinski definition) is 0. The summed E-state index contributed by atoms with van der Waals surface area (Å²) in [7, 11) is 1.51. The fourth-order valence-electron chi connectivity index (χ4n) is 3.60. The van der Waals surface area contributed by atoms with Gasteiger partial charge in [-0.1, -0.05) is 40.0 Å². The van der Waals surface area contributed by atoms with Crippen molar-refractivity contribution in [1.29, 1.82) is 0 Å². The Morgan fingerprint density at radius 1 is 1.07 bits per heavy atom. The van der Waals surface area contributed by atoms with E-state index in [-0.39, 0.29) is 10.5 Å². The first kappa shape index (κ1) is 24.4. The van der Waals surface area contributed by atoms with E-state index < -0.39 is 14.6 Å². The normalized spacial score (nSPS) is 17.7. The summed E-state index contributed by atoms with van der Waals surface area (Å²) >= 11 is 0. The summed E-state index contributed by atoms with van der Waals surface area (Å²) in [6.07, 6.45) is 7.03. The number of aromatic nitrogens is 2. The van der Waals surface area contributed by atoms with E-state index in [0.717, 1.165) is 24.4 Å². The predicted octanol–water partition coefficient (Wildman–Crippen LogP) is 5.01. The molecular formula is C22H40N2O4Si. The van der Waals surface area contributed by atoms with Crippen LogP contribution in [0.3, 0.4) is 0 Å². The molecule has 0 aromatic carbocycles. The molecule has 7 heteroatoms. The van der Waals surface area contributed by atoms with Gasteiger partial charge < -0.3 is 18.6 Å². The maximum absolute atomic E-state index is 6.25. The van der Waals surface area contributed by atoms with Crippen LogP contribution in [0.5, 0.6) is 0 Å². The lowest BCUT2D eigenvalue weighted by molar-refractivity contribution is -0.109. The molecule has 0 unspecified atom stereocenters. The van der Waals surface area contributed by atoms with E-state index in [9.17, 15) is 0 Å². The molecule has 0 spiro atoms. The first-order chi connectivity index (χ1) is 13.6. The van der Waals surface area contributed by atoms with Crippen LogP contribution >= 0.6 is 0 Å². The highest BCUT2D eigenvalue weighted by Crippen LogP contribution is 2.39. The topological polar surface area (TPSA) is 62.7 Å².